The first kappa shape index (κ1) is 21.0. The monoisotopic (exact) mass is 426 g/mol. The molecule has 6 nitrogen and oxygen atoms in total. The Morgan fingerprint density at radius 3 is 2.87 bits per heavy atom. The lowest BCUT2D eigenvalue weighted by atomic mass is 10.1. The summed E-state index contributed by atoms with van der Waals surface area (Å²) >= 11 is 1.56. The summed E-state index contributed by atoms with van der Waals surface area (Å²) in [5.41, 5.74) is 2.75. The maximum atomic E-state index is 13.2. The molecule has 0 aliphatic carbocycles. The molecule has 1 fully saturated rings. The third-order valence-electron chi connectivity index (χ3n) is 5.70. The average Bonchev–Trinajstić information content (AvgIpc) is 3.35. The van der Waals surface area contributed by atoms with E-state index in [2.05, 4.69) is 33.5 Å². The van der Waals surface area contributed by atoms with Crippen molar-refractivity contribution in [2.75, 3.05) is 33.8 Å². The van der Waals surface area contributed by atoms with Crippen LogP contribution in [0.2, 0.25) is 0 Å². The van der Waals surface area contributed by atoms with E-state index in [4.69, 9.17) is 4.74 Å². The van der Waals surface area contributed by atoms with Gasteiger partial charge in [0.25, 0.3) is 5.91 Å². The summed E-state index contributed by atoms with van der Waals surface area (Å²) in [7, 11) is 3.96. The molecule has 0 saturated carbocycles. The number of amides is 1. The molecule has 1 amide bonds. The number of nitrogens with zero attached hydrogens (tertiary/aromatic N) is 4. The predicted octanol–water partition coefficient (Wildman–Crippen LogP) is 3.71. The third-order valence-corrected chi connectivity index (χ3v) is 6.45. The van der Waals surface area contributed by atoms with Gasteiger partial charge in [-0.1, -0.05) is 30.3 Å². The SMILES string of the molecule is CN(Cc1c(C(=O)N(C)CCc2ccccc2)nc2sccn12)C[C@@H]1CCCCO1. The van der Waals surface area contributed by atoms with Crippen molar-refractivity contribution < 1.29 is 9.53 Å². The van der Waals surface area contributed by atoms with Gasteiger partial charge >= 0.3 is 0 Å². The molecule has 1 aliphatic heterocycles. The first-order valence-corrected chi connectivity index (χ1v) is 11.5. The van der Waals surface area contributed by atoms with Crippen molar-refractivity contribution in [1.29, 1.82) is 0 Å². The molecule has 2 aromatic heterocycles. The summed E-state index contributed by atoms with van der Waals surface area (Å²) in [6, 6.07) is 10.3. The number of thiazole rings is 1. The molecule has 1 aliphatic rings. The average molecular weight is 427 g/mol. The number of fused-ring (bicyclic) bond motifs is 1. The van der Waals surface area contributed by atoms with E-state index in [1.807, 2.05) is 36.8 Å². The Morgan fingerprint density at radius 2 is 2.10 bits per heavy atom. The van der Waals surface area contributed by atoms with Gasteiger partial charge in [0.15, 0.2) is 10.7 Å². The molecule has 0 spiro atoms. The molecule has 0 unspecified atom stereocenters. The van der Waals surface area contributed by atoms with Gasteiger partial charge < -0.3 is 9.64 Å². The molecule has 0 N–H and O–H groups in total. The second kappa shape index (κ2) is 9.73. The van der Waals surface area contributed by atoms with Crippen LogP contribution in [-0.2, 0) is 17.7 Å². The zero-order valence-corrected chi connectivity index (χ0v) is 18.6. The van der Waals surface area contributed by atoms with Crippen LogP contribution in [0.3, 0.4) is 0 Å². The molecule has 3 aromatic rings. The van der Waals surface area contributed by atoms with Gasteiger partial charge in [-0.25, -0.2) is 4.98 Å². The maximum Gasteiger partial charge on any atom is 0.274 e. The first-order valence-electron chi connectivity index (χ1n) is 10.7. The molecule has 7 heteroatoms. The van der Waals surface area contributed by atoms with E-state index >= 15 is 0 Å². The van der Waals surface area contributed by atoms with Gasteiger partial charge in [0.05, 0.1) is 11.8 Å². The highest BCUT2D eigenvalue weighted by atomic mass is 32.1. The second-order valence-corrected chi connectivity index (χ2v) is 8.98. The van der Waals surface area contributed by atoms with Gasteiger partial charge in [-0.3, -0.25) is 14.1 Å². The van der Waals surface area contributed by atoms with E-state index in [9.17, 15) is 4.79 Å². The Morgan fingerprint density at radius 1 is 1.27 bits per heavy atom. The standard InChI is InChI=1S/C23H30N4O2S/c1-25(16-19-10-6-7-14-29-19)17-20-21(24-23-27(20)13-15-30-23)22(28)26(2)12-11-18-8-4-3-5-9-18/h3-5,8-9,13,15,19H,6-7,10-12,14,16-17H2,1-2H3/t19-/m0/s1. The Balaban J connectivity index is 1.46. The van der Waals surface area contributed by atoms with E-state index in [-0.39, 0.29) is 12.0 Å². The zero-order valence-electron chi connectivity index (χ0n) is 17.8. The first-order chi connectivity index (χ1) is 14.6. The summed E-state index contributed by atoms with van der Waals surface area (Å²) in [5, 5.41) is 2.02. The number of hydrogen-bond donors (Lipinski definition) is 0. The number of rotatable bonds is 8. The van der Waals surface area contributed by atoms with Gasteiger partial charge in [-0.05, 0) is 38.3 Å². The Labute approximate surface area is 182 Å². The summed E-state index contributed by atoms with van der Waals surface area (Å²) < 4.78 is 7.95. The number of ether oxygens (including phenoxy) is 1. The van der Waals surface area contributed by atoms with Gasteiger partial charge in [0.2, 0.25) is 0 Å². The van der Waals surface area contributed by atoms with E-state index in [1.54, 1.807) is 16.2 Å². The summed E-state index contributed by atoms with van der Waals surface area (Å²) in [6.07, 6.45) is 6.62. The number of aromatic nitrogens is 2. The lowest BCUT2D eigenvalue weighted by Crippen LogP contribution is -2.34. The van der Waals surface area contributed by atoms with Crippen molar-refractivity contribution >= 4 is 22.2 Å². The van der Waals surface area contributed by atoms with Gasteiger partial charge in [0.1, 0.15) is 0 Å². The van der Waals surface area contributed by atoms with Crippen LogP contribution in [0.15, 0.2) is 41.9 Å². The predicted molar refractivity (Wildman–Crippen MR) is 120 cm³/mol. The molecule has 3 heterocycles. The van der Waals surface area contributed by atoms with Crippen molar-refractivity contribution in [1.82, 2.24) is 19.2 Å². The molecule has 30 heavy (non-hydrogen) atoms. The highest BCUT2D eigenvalue weighted by Gasteiger charge is 2.24. The minimum atomic E-state index is -0.0147. The number of benzene rings is 1. The molecule has 1 saturated heterocycles. The quantitative estimate of drug-likeness (QED) is 0.551. The van der Waals surface area contributed by atoms with Crippen molar-refractivity contribution in [2.45, 2.75) is 38.3 Å². The van der Waals surface area contributed by atoms with Crippen LogP contribution in [0.5, 0.6) is 0 Å². The van der Waals surface area contributed by atoms with Crippen LogP contribution in [-0.4, -0.2) is 65.0 Å². The second-order valence-electron chi connectivity index (χ2n) is 8.11. The number of imidazole rings is 1. The smallest absolute Gasteiger partial charge is 0.274 e. The molecule has 1 atom stereocenters. The van der Waals surface area contributed by atoms with Crippen LogP contribution in [0.4, 0.5) is 0 Å². The normalized spacial score (nSPS) is 17.0. The minimum absolute atomic E-state index is 0.0147. The molecule has 160 valence electrons. The third kappa shape index (κ3) is 4.91. The van der Waals surface area contributed by atoms with Gasteiger partial charge in [0, 0.05) is 44.9 Å². The molecular weight excluding hydrogens is 396 g/mol. The topological polar surface area (TPSA) is 50.1 Å². The van der Waals surface area contributed by atoms with Crippen molar-refractivity contribution in [3.63, 3.8) is 0 Å². The zero-order chi connectivity index (χ0) is 20.9. The van der Waals surface area contributed by atoms with Gasteiger partial charge in [-0.2, -0.15) is 0 Å². The largest absolute Gasteiger partial charge is 0.377 e. The molecular formula is C23H30N4O2S. The Kier molecular flexibility index (Phi) is 6.82. The fourth-order valence-electron chi connectivity index (χ4n) is 4.00. The highest BCUT2D eigenvalue weighted by Crippen LogP contribution is 2.21. The van der Waals surface area contributed by atoms with Crippen LogP contribution in [0.1, 0.15) is 41.0 Å². The molecule has 0 bridgehead atoms. The minimum Gasteiger partial charge on any atom is -0.377 e. The van der Waals surface area contributed by atoms with Crippen molar-refractivity contribution in [3.05, 3.63) is 58.9 Å². The summed E-state index contributed by atoms with van der Waals surface area (Å²) in [5.74, 6) is -0.0147. The fourth-order valence-corrected chi connectivity index (χ4v) is 4.73. The number of carbonyl (C=O) groups is 1. The van der Waals surface area contributed by atoms with Crippen molar-refractivity contribution in [3.8, 4) is 0 Å². The molecule has 4 rings (SSSR count). The fraction of sp³-hybridized carbons (Fsp3) is 0.478. The van der Waals surface area contributed by atoms with Crippen LogP contribution < -0.4 is 0 Å². The number of hydrogen-bond acceptors (Lipinski definition) is 5. The number of carbonyl (C=O) groups excluding carboxylic acids is 1. The van der Waals surface area contributed by atoms with Crippen LogP contribution >= 0.6 is 11.3 Å². The molecule has 0 radical (unpaired) electrons. The molecule has 1 aromatic carbocycles. The lowest BCUT2D eigenvalue weighted by Gasteiger charge is -2.27. The summed E-state index contributed by atoms with van der Waals surface area (Å²) in [6.45, 7) is 3.06. The van der Waals surface area contributed by atoms with E-state index in [1.165, 1.54) is 12.0 Å². The maximum absolute atomic E-state index is 13.2. The number of likely N-dealkylation sites (N-methyl/N-ethyl adjacent to an activating group) is 2. The van der Waals surface area contributed by atoms with Crippen LogP contribution in [0.25, 0.3) is 4.96 Å². The summed E-state index contributed by atoms with van der Waals surface area (Å²) in [4.78, 5) is 22.8. The van der Waals surface area contributed by atoms with Gasteiger partial charge in [-0.15, -0.1) is 11.3 Å². The van der Waals surface area contributed by atoms with E-state index < -0.39 is 0 Å². The van der Waals surface area contributed by atoms with E-state index in [0.29, 0.717) is 18.8 Å². The Hall–Kier alpha value is -2.22. The van der Waals surface area contributed by atoms with E-state index in [0.717, 1.165) is 43.1 Å². The van der Waals surface area contributed by atoms with Crippen LogP contribution in [0, 0.1) is 0 Å². The Bertz CT molecular complexity index is 962. The highest BCUT2D eigenvalue weighted by molar-refractivity contribution is 7.15. The lowest BCUT2D eigenvalue weighted by molar-refractivity contribution is -0.00280. The van der Waals surface area contributed by atoms with Crippen molar-refractivity contribution in [2.24, 2.45) is 0 Å².